The van der Waals surface area contributed by atoms with Crippen LogP contribution < -0.4 is 4.90 Å². The molecule has 0 N–H and O–H groups in total. The second-order valence-electron chi connectivity index (χ2n) is 9.36. The molecule has 0 aliphatic carbocycles. The molecule has 3 heterocycles. The standard InChI is InChI=1S/C27H36N4/c1-4-5-6-7-8-9-12-22-21(3)23(19-28)26-29-24-13-10-11-14-25(24)31(26)27(22)30-17-15-20(2)16-18-30/h10-11,13-14,20H,4-9,12,15-18H2,1-3H3. The van der Waals surface area contributed by atoms with Crippen LogP contribution in [-0.4, -0.2) is 22.5 Å². The highest BCUT2D eigenvalue weighted by Crippen LogP contribution is 2.36. The summed E-state index contributed by atoms with van der Waals surface area (Å²) in [7, 11) is 0. The molecule has 0 saturated carbocycles. The van der Waals surface area contributed by atoms with E-state index in [0.29, 0.717) is 0 Å². The number of piperidine rings is 1. The van der Waals surface area contributed by atoms with Crippen molar-refractivity contribution in [2.75, 3.05) is 18.0 Å². The van der Waals surface area contributed by atoms with Crippen LogP contribution in [-0.2, 0) is 6.42 Å². The lowest BCUT2D eigenvalue weighted by atomic mass is 9.95. The Hall–Kier alpha value is -2.54. The Morgan fingerprint density at radius 1 is 1.06 bits per heavy atom. The van der Waals surface area contributed by atoms with Gasteiger partial charge in [0.25, 0.3) is 0 Å². The van der Waals surface area contributed by atoms with E-state index in [-0.39, 0.29) is 0 Å². The van der Waals surface area contributed by atoms with Crippen molar-refractivity contribution in [2.24, 2.45) is 5.92 Å². The predicted molar refractivity (Wildman–Crippen MR) is 130 cm³/mol. The van der Waals surface area contributed by atoms with Gasteiger partial charge in [0.2, 0.25) is 0 Å². The van der Waals surface area contributed by atoms with Gasteiger partial charge >= 0.3 is 0 Å². The van der Waals surface area contributed by atoms with Crippen LogP contribution in [0.2, 0.25) is 0 Å². The van der Waals surface area contributed by atoms with Crippen LogP contribution in [0, 0.1) is 24.2 Å². The van der Waals surface area contributed by atoms with Crippen LogP contribution in [0.25, 0.3) is 16.7 Å². The van der Waals surface area contributed by atoms with Crippen LogP contribution in [0.4, 0.5) is 5.82 Å². The number of hydrogen-bond donors (Lipinski definition) is 0. The minimum Gasteiger partial charge on any atom is -0.357 e. The molecule has 1 aliphatic rings. The van der Waals surface area contributed by atoms with Gasteiger partial charge in [-0.05, 0) is 61.8 Å². The Morgan fingerprint density at radius 3 is 2.52 bits per heavy atom. The molecule has 0 amide bonds. The zero-order chi connectivity index (χ0) is 21.8. The zero-order valence-corrected chi connectivity index (χ0v) is 19.5. The first-order chi connectivity index (χ1) is 15.2. The van der Waals surface area contributed by atoms with Gasteiger partial charge in [-0.15, -0.1) is 0 Å². The van der Waals surface area contributed by atoms with Crippen LogP contribution >= 0.6 is 0 Å². The largest absolute Gasteiger partial charge is 0.357 e. The maximum atomic E-state index is 10.1. The fourth-order valence-corrected chi connectivity index (χ4v) is 5.10. The molecule has 0 unspecified atom stereocenters. The van der Waals surface area contributed by atoms with Crippen molar-refractivity contribution in [2.45, 2.75) is 78.6 Å². The molecular formula is C27H36N4. The van der Waals surface area contributed by atoms with E-state index >= 15 is 0 Å². The van der Waals surface area contributed by atoms with E-state index in [1.54, 1.807) is 0 Å². The molecule has 4 rings (SSSR count). The minimum atomic E-state index is 0.742. The monoisotopic (exact) mass is 416 g/mol. The number of fused-ring (bicyclic) bond motifs is 3. The maximum Gasteiger partial charge on any atom is 0.157 e. The van der Waals surface area contributed by atoms with Gasteiger partial charge in [0.05, 0.1) is 16.6 Å². The number of anilines is 1. The number of hydrogen-bond acceptors (Lipinski definition) is 3. The second kappa shape index (κ2) is 9.73. The van der Waals surface area contributed by atoms with Crippen molar-refractivity contribution in [3.8, 4) is 6.07 Å². The molecule has 0 radical (unpaired) electrons. The van der Waals surface area contributed by atoms with Crippen LogP contribution in [0.15, 0.2) is 24.3 Å². The number of para-hydroxylation sites is 2. The molecule has 0 bridgehead atoms. The van der Waals surface area contributed by atoms with Crippen molar-refractivity contribution in [3.63, 3.8) is 0 Å². The summed E-state index contributed by atoms with van der Waals surface area (Å²) in [6.07, 6.45) is 11.2. The van der Waals surface area contributed by atoms with Gasteiger partial charge in [-0.25, -0.2) is 4.98 Å². The summed E-state index contributed by atoms with van der Waals surface area (Å²) in [5.74, 6) is 2.08. The summed E-state index contributed by atoms with van der Waals surface area (Å²) in [6, 6.07) is 10.8. The van der Waals surface area contributed by atoms with E-state index in [0.717, 1.165) is 53.2 Å². The Labute approximate surface area is 186 Å². The summed E-state index contributed by atoms with van der Waals surface area (Å²) >= 11 is 0. The molecule has 1 saturated heterocycles. The first kappa shape index (κ1) is 21.7. The highest BCUT2D eigenvalue weighted by molar-refractivity contribution is 5.86. The molecule has 1 aliphatic heterocycles. The van der Waals surface area contributed by atoms with E-state index in [2.05, 4.69) is 54.3 Å². The van der Waals surface area contributed by atoms with E-state index in [4.69, 9.17) is 4.98 Å². The second-order valence-corrected chi connectivity index (χ2v) is 9.36. The zero-order valence-electron chi connectivity index (χ0n) is 19.5. The molecular weight excluding hydrogens is 380 g/mol. The topological polar surface area (TPSA) is 44.3 Å². The first-order valence-corrected chi connectivity index (χ1v) is 12.2. The van der Waals surface area contributed by atoms with Crippen molar-refractivity contribution >= 4 is 22.5 Å². The van der Waals surface area contributed by atoms with Gasteiger partial charge in [0, 0.05) is 13.1 Å². The van der Waals surface area contributed by atoms with E-state index in [1.807, 2.05) is 6.07 Å². The van der Waals surface area contributed by atoms with Crippen LogP contribution in [0.1, 0.15) is 81.9 Å². The highest BCUT2D eigenvalue weighted by atomic mass is 15.2. The Kier molecular flexibility index (Phi) is 6.80. The normalized spacial score (nSPS) is 15.1. The lowest BCUT2D eigenvalue weighted by molar-refractivity contribution is 0.435. The Balaban J connectivity index is 1.81. The van der Waals surface area contributed by atoms with Gasteiger partial charge in [-0.3, -0.25) is 4.40 Å². The third-order valence-corrected chi connectivity index (χ3v) is 7.07. The molecule has 164 valence electrons. The van der Waals surface area contributed by atoms with E-state index in [9.17, 15) is 5.26 Å². The molecule has 0 atom stereocenters. The molecule has 31 heavy (non-hydrogen) atoms. The SMILES string of the molecule is CCCCCCCCc1c(C)c(C#N)c2nc3ccccc3n2c1N1CCC(C)CC1. The lowest BCUT2D eigenvalue weighted by Crippen LogP contribution is -2.35. The predicted octanol–water partition coefficient (Wildman–Crippen LogP) is 6.81. The quantitative estimate of drug-likeness (QED) is 0.379. The van der Waals surface area contributed by atoms with Gasteiger partial charge in [0.1, 0.15) is 11.9 Å². The van der Waals surface area contributed by atoms with Crippen LogP contribution in [0.3, 0.4) is 0 Å². The summed E-state index contributed by atoms with van der Waals surface area (Å²) in [5.41, 5.74) is 6.14. The number of nitrogens with zero attached hydrogens (tertiary/aromatic N) is 4. The Morgan fingerprint density at radius 2 is 1.77 bits per heavy atom. The molecule has 2 aromatic heterocycles. The maximum absolute atomic E-state index is 10.1. The fraction of sp³-hybridized carbons (Fsp3) is 0.556. The number of rotatable bonds is 8. The summed E-state index contributed by atoms with van der Waals surface area (Å²) in [6.45, 7) is 8.93. The average molecular weight is 417 g/mol. The van der Waals surface area contributed by atoms with Gasteiger partial charge < -0.3 is 4.90 Å². The lowest BCUT2D eigenvalue weighted by Gasteiger charge is -2.35. The number of nitriles is 1. The number of unbranched alkanes of at least 4 members (excludes halogenated alkanes) is 5. The van der Waals surface area contributed by atoms with Crippen molar-refractivity contribution in [1.82, 2.24) is 9.38 Å². The highest BCUT2D eigenvalue weighted by Gasteiger charge is 2.26. The molecule has 4 heteroatoms. The third-order valence-electron chi connectivity index (χ3n) is 7.07. The summed E-state index contributed by atoms with van der Waals surface area (Å²) in [4.78, 5) is 7.47. The van der Waals surface area contributed by atoms with Gasteiger partial charge in [-0.2, -0.15) is 5.26 Å². The summed E-state index contributed by atoms with van der Waals surface area (Å²) < 4.78 is 2.29. The smallest absolute Gasteiger partial charge is 0.157 e. The number of benzene rings is 1. The molecule has 0 spiro atoms. The number of aromatic nitrogens is 2. The minimum absolute atomic E-state index is 0.742. The van der Waals surface area contributed by atoms with Gasteiger partial charge in [-0.1, -0.05) is 58.1 Å². The van der Waals surface area contributed by atoms with E-state index < -0.39 is 0 Å². The Bertz CT molecular complexity index is 1080. The van der Waals surface area contributed by atoms with Gasteiger partial charge in [0.15, 0.2) is 5.65 Å². The van der Waals surface area contributed by atoms with E-state index in [1.165, 1.54) is 62.7 Å². The number of pyridine rings is 1. The molecule has 1 fully saturated rings. The molecule has 3 aromatic rings. The molecule has 4 nitrogen and oxygen atoms in total. The molecule has 1 aromatic carbocycles. The first-order valence-electron chi connectivity index (χ1n) is 12.2. The number of imidazole rings is 1. The van der Waals surface area contributed by atoms with Crippen LogP contribution in [0.5, 0.6) is 0 Å². The van der Waals surface area contributed by atoms with Crippen molar-refractivity contribution in [3.05, 3.63) is 41.0 Å². The van der Waals surface area contributed by atoms with Crippen molar-refractivity contribution in [1.29, 1.82) is 5.26 Å². The average Bonchev–Trinajstić information content (AvgIpc) is 3.16. The van der Waals surface area contributed by atoms with Crippen molar-refractivity contribution < 1.29 is 0 Å². The fourth-order valence-electron chi connectivity index (χ4n) is 5.10. The summed E-state index contributed by atoms with van der Waals surface area (Å²) in [5, 5.41) is 10.1. The third kappa shape index (κ3) is 4.28.